The van der Waals surface area contributed by atoms with E-state index >= 15 is 0 Å². The maximum atomic E-state index is 4.37. The Hall–Kier alpha value is -1.61. The minimum absolute atomic E-state index is 0.796. The van der Waals surface area contributed by atoms with Crippen LogP contribution < -0.4 is 5.32 Å². The normalized spacial score (nSPS) is 10.8. The van der Waals surface area contributed by atoms with E-state index in [2.05, 4.69) is 53.4 Å². The minimum Gasteiger partial charge on any atom is -0.341 e. The van der Waals surface area contributed by atoms with Gasteiger partial charge < -0.3 is 10.3 Å². The van der Waals surface area contributed by atoms with Crippen LogP contribution in [0.5, 0.6) is 0 Å². The van der Waals surface area contributed by atoms with Gasteiger partial charge in [0.05, 0.1) is 18.4 Å². The first-order valence-electron chi connectivity index (χ1n) is 6.67. The summed E-state index contributed by atoms with van der Waals surface area (Å²) in [6.07, 6.45) is 4.24. The zero-order valence-corrected chi connectivity index (χ0v) is 11.2. The lowest BCUT2D eigenvalue weighted by Crippen LogP contribution is -2.12. The highest BCUT2D eigenvalue weighted by Crippen LogP contribution is 2.18. The SMILES string of the molecule is CCCc1ccc(-c2cnc(CNCC)[nH]2)cc1. The Morgan fingerprint density at radius 3 is 2.61 bits per heavy atom. The summed E-state index contributed by atoms with van der Waals surface area (Å²) in [5.41, 5.74) is 3.68. The third-order valence-corrected chi connectivity index (χ3v) is 2.97. The Kier molecular flexibility index (Phi) is 4.53. The summed E-state index contributed by atoms with van der Waals surface area (Å²) >= 11 is 0. The van der Waals surface area contributed by atoms with Gasteiger partial charge in [0, 0.05) is 0 Å². The summed E-state index contributed by atoms with van der Waals surface area (Å²) < 4.78 is 0. The molecule has 18 heavy (non-hydrogen) atoms. The molecular weight excluding hydrogens is 222 g/mol. The molecule has 0 saturated carbocycles. The number of hydrogen-bond acceptors (Lipinski definition) is 2. The van der Waals surface area contributed by atoms with Crippen molar-refractivity contribution in [2.75, 3.05) is 6.54 Å². The number of hydrogen-bond donors (Lipinski definition) is 2. The van der Waals surface area contributed by atoms with Crippen molar-refractivity contribution in [3.63, 3.8) is 0 Å². The van der Waals surface area contributed by atoms with Crippen molar-refractivity contribution in [3.05, 3.63) is 41.9 Å². The Morgan fingerprint density at radius 1 is 1.17 bits per heavy atom. The van der Waals surface area contributed by atoms with E-state index < -0.39 is 0 Å². The van der Waals surface area contributed by atoms with Crippen LogP contribution >= 0.6 is 0 Å². The molecule has 0 aliphatic heterocycles. The summed E-state index contributed by atoms with van der Waals surface area (Å²) in [6, 6.07) is 8.72. The largest absolute Gasteiger partial charge is 0.341 e. The molecule has 1 aromatic carbocycles. The van der Waals surface area contributed by atoms with Gasteiger partial charge in [-0.05, 0) is 24.1 Å². The van der Waals surface area contributed by atoms with E-state index in [1.54, 1.807) is 0 Å². The third kappa shape index (κ3) is 3.20. The molecule has 3 heteroatoms. The summed E-state index contributed by atoms with van der Waals surface area (Å²) in [5.74, 6) is 0.990. The fourth-order valence-corrected chi connectivity index (χ4v) is 1.98. The molecular formula is C15H21N3. The van der Waals surface area contributed by atoms with E-state index in [0.717, 1.165) is 31.0 Å². The molecule has 1 aromatic heterocycles. The molecule has 1 heterocycles. The van der Waals surface area contributed by atoms with Crippen molar-refractivity contribution in [1.82, 2.24) is 15.3 Å². The number of aromatic nitrogens is 2. The number of imidazole rings is 1. The standard InChI is InChI=1S/C15H21N3/c1-3-5-12-6-8-13(9-7-12)14-10-17-15(18-14)11-16-4-2/h6-10,16H,3-5,11H2,1-2H3,(H,17,18). The van der Waals surface area contributed by atoms with Crippen LogP contribution in [0.25, 0.3) is 11.3 Å². The number of aromatic amines is 1. The number of benzene rings is 1. The summed E-state index contributed by atoms with van der Waals surface area (Å²) in [6.45, 7) is 6.05. The van der Waals surface area contributed by atoms with Crippen LogP contribution in [0.3, 0.4) is 0 Å². The minimum atomic E-state index is 0.796. The van der Waals surface area contributed by atoms with E-state index in [0.29, 0.717) is 0 Å². The van der Waals surface area contributed by atoms with Crippen molar-refractivity contribution < 1.29 is 0 Å². The number of nitrogens with one attached hydrogen (secondary N) is 2. The number of nitrogens with zero attached hydrogens (tertiary/aromatic N) is 1. The van der Waals surface area contributed by atoms with Gasteiger partial charge in [-0.2, -0.15) is 0 Å². The van der Waals surface area contributed by atoms with Crippen LogP contribution in [0.4, 0.5) is 0 Å². The van der Waals surface area contributed by atoms with Gasteiger partial charge in [0.25, 0.3) is 0 Å². The Morgan fingerprint density at radius 2 is 1.94 bits per heavy atom. The van der Waals surface area contributed by atoms with Crippen LogP contribution in [0, 0.1) is 0 Å². The molecule has 0 aliphatic carbocycles. The van der Waals surface area contributed by atoms with Crippen LogP contribution in [-0.2, 0) is 13.0 Å². The van der Waals surface area contributed by atoms with Gasteiger partial charge in [-0.3, -0.25) is 0 Å². The molecule has 0 aliphatic rings. The predicted molar refractivity (Wildman–Crippen MR) is 75.4 cm³/mol. The monoisotopic (exact) mass is 243 g/mol. The van der Waals surface area contributed by atoms with Gasteiger partial charge in [0.15, 0.2) is 0 Å². The highest BCUT2D eigenvalue weighted by molar-refractivity contribution is 5.58. The molecule has 2 N–H and O–H groups in total. The van der Waals surface area contributed by atoms with E-state index in [-0.39, 0.29) is 0 Å². The lowest BCUT2D eigenvalue weighted by Gasteiger charge is -2.01. The van der Waals surface area contributed by atoms with Crippen molar-refractivity contribution in [2.24, 2.45) is 0 Å². The van der Waals surface area contributed by atoms with E-state index in [1.165, 1.54) is 17.5 Å². The highest BCUT2D eigenvalue weighted by Gasteiger charge is 2.02. The van der Waals surface area contributed by atoms with Crippen molar-refractivity contribution >= 4 is 0 Å². The molecule has 96 valence electrons. The summed E-state index contributed by atoms with van der Waals surface area (Å²) in [4.78, 5) is 7.71. The lowest BCUT2D eigenvalue weighted by atomic mass is 10.1. The molecule has 0 bridgehead atoms. The van der Waals surface area contributed by atoms with Crippen molar-refractivity contribution in [2.45, 2.75) is 33.2 Å². The van der Waals surface area contributed by atoms with Gasteiger partial charge in [0.1, 0.15) is 5.82 Å². The zero-order chi connectivity index (χ0) is 12.8. The van der Waals surface area contributed by atoms with Crippen molar-refractivity contribution in [3.8, 4) is 11.3 Å². The average molecular weight is 243 g/mol. The fourth-order valence-electron chi connectivity index (χ4n) is 1.98. The first-order valence-corrected chi connectivity index (χ1v) is 6.67. The second kappa shape index (κ2) is 6.36. The molecule has 0 amide bonds. The molecule has 0 unspecified atom stereocenters. The lowest BCUT2D eigenvalue weighted by molar-refractivity contribution is 0.698. The zero-order valence-electron chi connectivity index (χ0n) is 11.2. The van der Waals surface area contributed by atoms with Gasteiger partial charge >= 0.3 is 0 Å². The molecule has 0 radical (unpaired) electrons. The molecule has 0 saturated heterocycles. The maximum absolute atomic E-state index is 4.37. The van der Waals surface area contributed by atoms with Crippen LogP contribution in [0.1, 0.15) is 31.7 Å². The molecule has 0 spiro atoms. The number of rotatable bonds is 6. The molecule has 3 nitrogen and oxygen atoms in total. The highest BCUT2D eigenvalue weighted by atomic mass is 15.0. The van der Waals surface area contributed by atoms with Gasteiger partial charge in [-0.15, -0.1) is 0 Å². The Bertz CT molecular complexity index is 471. The molecule has 2 aromatic rings. The topological polar surface area (TPSA) is 40.7 Å². The van der Waals surface area contributed by atoms with E-state index in [4.69, 9.17) is 0 Å². The first kappa shape index (κ1) is 12.8. The van der Waals surface area contributed by atoms with E-state index in [9.17, 15) is 0 Å². The smallest absolute Gasteiger partial charge is 0.120 e. The molecule has 2 rings (SSSR count). The Labute approximate surface area is 109 Å². The first-order chi connectivity index (χ1) is 8.83. The fraction of sp³-hybridized carbons (Fsp3) is 0.400. The average Bonchev–Trinajstić information content (AvgIpc) is 2.86. The third-order valence-electron chi connectivity index (χ3n) is 2.97. The second-order valence-corrected chi connectivity index (χ2v) is 4.47. The van der Waals surface area contributed by atoms with E-state index in [1.807, 2.05) is 6.20 Å². The summed E-state index contributed by atoms with van der Waals surface area (Å²) in [7, 11) is 0. The molecule has 0 fully saturated rings. The van der Waals surface area contributed by atoms with Crippen molar-refractivity contribution in [1.29, 1.82) is 0 Å². The van der Waals surface area contributed by atoms with Gasteiger partial charge in [0.2, 0.25) is 0 Å². The van der Waals surface area contributed by atoms with Gasteiger partial charge in [-0.1, -0.05) is 44.5 Å². The quantitative estimate of drug-likeness (QED) is 0.818. The van der Waals surface area contributed by atoms with Crippen LogP contribution in [-0.4, -0.2) is 16.5 Å². The van der Waals surface area contributed by atoms with Crippen LogP contribution in [0.15, 0.2) is 30.5 Å². The number of aryl methyl sites for hydroxylation is 1. The summed E-state index contributed by atoms with van der Waals surface area (Å²) in [5, 5.41) is 3.26. The second-order valence-electron chi connectivity index (χ2n) is 4.47. The Balaban J connectivity index is 2.08. The van der Waals surface area contributed by atoms with Crippen LogP contribution in [0.2, 0.25) is 0 Å². The maximum Gasteiger partial charge on any atom is 0.120 e. The molecule has 0 atom stereocenters. The van der Waals surface area contributed by atoms with Gasteiger partial charge in [-0.25, -0.2) is 4.98 Å². The predicted octanol–water partition coefficient (Wildman–Crippen LogP) is 3.14. The number of H-pyrrole nitrogens is 1.